The molecule has 5 N–H and O–H groups in total. The highest BCUT2D eigenvalue weighted by molar-refractivity contribution is 5.98. The summed E-state index contributed by atoms with van der Waals surface area (Å²) >= 11 is 0. The van der Waals surface area contributed by atoms with Gasteiger partial charge in [0.2, 0.25) is 0 Å². The fraction of sp³-hybridized carbons (Fsp3) is 0.467. The van der Waals surface area contributed by atoms with Crippen LogP contribution in [0.2, 0.25) is 0 Å². The molecule has 8 heteroatoms. The third-order valence-electron chi connectivity index (χ3n) is 3.87. The first-order chi connectivity index (χ1) is 11.2. The Labute approximate surface area is 134 Å². The predicted molar refractivity (Wildman–Crippen MR) is 88.7 cm³/mol. The molecule has 3 rings (SSSR count). The van der Waals surface area contributed by atoms with E-state index in [1.807, 2.05) is 19.1 Å². The number of nitrogens with zero attached hydrogens (tertiary/aromatic N) is 3. The van der Waals surface area contributed by atoms with Crippen LogP contribution in [-0.2, 0) is 9.57 Å². The Hall–Kier alpha value is -2.00. The number of aromatic nitrogens is 2. The van der Waals surface area contributed by atoms with Crippen LogP contribution in [0.5, 0.6) is 0 Å². The minimum absolute atomic E-state index is 0.343. The van der Waals surface area contributed by atoms with E-state index in [2.05, 4.69) is 25.0 Å². The average molecular weight is 318 g/mol. The van der Waals surface area contributed by atoms with E-state index in [-0.39, 0.29) is 0 Å². The molecule has 0 saturated heterocycles. The van der Waals surface area contributed by atoms with Gasteiger partial charge < -0.3 is 19.8 Å². The second kappa shape index (κ2) is 6.63. The SMILES string of the molecule is CCOCC1(N)Nc2cnc3cccnc3c2N1CCCON. The molecular weight excluding hydrogens is 296 g/mol. The summed E-state index contributed by atoms with van der Waals surface area (Å²) in [6.07, 6.45) is 4.27. The van der Waals surface area contributed by atoms with Crippen molar-refractivity contribution in [3.8, 4) is 0 Å². The molecule has 1 aliphatic rings. The summed E-state index contributed by atoms with van der Waals surface area (Å²) in [5, 5.41) is 3.32. The number of nitrogens with one attached hydrogen (secondary N) is 1. The topological polar surface area (TPSA) is 112 Å². The molecule has 124 valence electrons. The number of hydrogen-bond donors (Lipinski definition) is 3. The third kappa shape index (κ3) is 2.93. The van der Waals surface area contributed by atoms with Gasteiger partial charge in [-0.15, -0.1) is 0 Å². The van der Waals surface area contributed by atoms with Crippen LogP contribution in [-0.4, -0.2) is 42.1 Å². The van der Waals surface area contributed by atoms with Gasteiger partial charge in [-0.3, -0.25) is 15.7 Å². The van der Waals surface area contributed by atoms with Gasteiger partial charge in [0.15, 0.2) is 5.79 Å². The molecule has 2 aromatic heterocycles. The van der Waals surface area contributed by atoms with Gasteiger partial charge in [-0.25, -0.2) is 5.90 Å². The maximum absolute atomic E-state index is 6.58. The summed E-state index contributed by atoms with van der Waals surface area (Å²) in [4.78, 5) is 15.7. The number of pyridine rings is 2. The number of rotatable bonds is 7. The van der Waals surface area contributed by atoms with Gasteiger partial charge in [-0.05, 0) is 25.5 Å². The number of ether oxygens (including phenoxy) is 1. The van der Waals surface area contributed by atoms with E-state index in [1.54, 1.807) is 12.4 Å². The van der Waals surface area contributed by atoms with Crippen molar-refractivity contribution in [3.05, 3.63) is 24.5 Å². The lowest BCUT2D eigenvalue weighted by Crippen LogP contribution is -2.62. The van der Waals surface area contributed by atoms with Crippen molar-refractivity contribution in [3.63, 3.8) is 0 Å². The van der Waals surface area contributed by atoms with Crippen LogP contribution < -0.4 is 21.8 Å². The molecule has 1 aliphatic heterocycles. The maximum Gasteiger partial charge on any atom is 0.188 e. The summed E-state index contributed by atoms with van der Waals surface area (Å²) in [7, 11) is 0. The van der Waals surface area contributed by atoms with E-state index < -0.39 is 5.79 Å². The minimum Gasteiger partial charge on any atom is -0.376 e. The van der Waals surface area contributed by atoms with Crippen molar-refractivity contribution in [1.29, 1.82) is 0 Å². The van der Waals surface area contributed by atoms with Crippen molar-refractivity contribution >= 4 is 22.4 Å². The minimum atomic E-state index is -0.847. The van der Waals surface area contributed by atoms with Crippen LogP contribution >= 0.6 is 0 Å². The van der Waals surface area contributed by atoms with Gasteiger partial charge in [0, 0.05) is 19.3 Å². The lowest BCUT2D eigenvalue weighted by Gasteiger charge is -2.36. The fourth-order valence-corrected chi connectivity index (χ4v) is 2.86. The normalized spacial score (nSPS) is 19.9. The van der Waals surface area contributed by atoms with Crippen molar-refractivity contribution in [2.45, 2.75) is 19.1 Å². The van der Waals surface area contributed by atoms with Crippen LogP contribution in [0.25, 0.3) is 11.0 Å². The van der Waals surface area contributed by atoms with E-state index in [9.17, 15) is 0 Å². The van der Waals surface area contributed by atoms with Crippen LogP contribution in [0.4, 0.5) is 11.4 Å². The highest BCUT2D eigenvalue weighted by atomic mass is 16.6. The highest BCUT2D eigenvalue weighted by Crippen LogP contribution is 2.41. The summed E-state index contributed by atoms with van der Waals surface area (Å²) in [5.41, 5.74) is 10.0. The van der Waals surface area contributed by atoms with Gasteiger partial charge in [-0.1, -0.05) is 0 Å². The van der Waals surface area contributed by atoms with E-state index in [0.29, 0.717) is 26.4 Å². The molecule has 1 atom stereocenters. The zero-order chi connectivity index (χ0) is 16.3. The standard InChI is InChI=1S/C15H22N6O2/c1-2-22-10-15(16)20-12-9-19-11-5-3-6-18-13(11)14(12)21(15)7-4-8-23-17/h3,5-6,9,20H,2,4,7-8,10,16-17H2,1H3. The third-order valence-corrected chi connectivity index (χ3v) is 3.87. The molecule has 2 aromatic rings. The Balaban J connectivity index is 2.01. The number of anilines is 2. The Morgan fingerprint density at radius 2 is 2.26 bits per heavy atom. The largest absolute Gasteiger partial charge is 0.376 e. The summed E-state index contributed by atoms with van der Waals surface area (Å²) in [5.74, 6) is 4.29. The molecule has 0 radical (unpaired) electrons. The predicted octanol–water partition coefficient (Wildman–Crippen LogP) is 0.791. The Morgan fingerprint density at radius 3 is 3.04 bits per heavy atom. The van der Waals surface area contributed by atoms with Crippen LogP contribution in [0.1, 0.15) is 13.3 Å². The number of hydrogen-bond acceptors (Lipinski definition) is 8. The Morgan fingerprint density at radius 1 is 1.39 bits per heavy atom. The van der Waals surface area contributed by atoms with Gasteiger partial charge in [0.1, 0.15) is 12.1 Å². The first-order valence-electron chi connectivity index (χ1n) is 7.67. The van der Waals surface area contributed by atoms with Crippen LogP contribution in [0, 0.1) is 0 Å². The van der Waals surface area contributed by atoms with Crippen molar-refractivity contribution in [1.82, 2.24) is 9.97 Å². The molecule has 23 heavy (non-hydrogen) atoms. The first kappa shape index (κ1) is 15.9. The van der Waals surface area contributed by atoms with Crippen LogP contribution in [0.3, 0.4) is 0 Å². The average Bonchev–Trinajstić information content (AvgIpc) is 2.86. The summed E-state index contributed by atoms with van der Waals surface area (Å²) < 4.78 is 5.57. The fourth-order valence-electron chi connectivity index (χ4n) is 2.86. The molecule has 0 saturated carbocycles. The van der Waals surface area contributed by atoms with Gasteiger partial charge in [0.05, 0.1) is 29.7 Å². The van der Waals surface area contributed by atoms with Crippen molar-refractivity contribution in [2.24, 2.45) is 11.6 Å². The van der Waals surface area contributed by atoms with Crippen molar-refractivity contribution < 1.29 is 9.57 Å². The molecule has 0 spiro atoms. The molecule has 0 fully saturated rings. The quantitative estimate of drug-likeness (QED) is 0.507. The molecule has 0 bridgehead atoms. The second-order valence-electron chi connectivity index (χ2n) is 5.45. The Bertz CT molecular complexity index is 682. The van der Waals surface area contributed by atoms with E-state index in [4.69, 9.17) is 16.4 Å². The molecule has 1 unspecified atom stereocenters. The Kier molecular flexibility index (Phi) is 4.58. The van der Waals surface area contributed by atoms with Gasteiger partial charge in [-0.2, -0.15) is 0 Å². The monoisotopic (exact) mass is 318 g/mol. The molecule has 0 aromatic carbocycles. The second-order valence-corrected chi connectivity index (χ2v) is 5.45. The molecule has 0 aliphatic carbocycles. The molecule has 3 heterocycles. The van der Waals surface area contributed by atoms with E-state index >= 15 is 0 Å². The molecule has 0 amide bonds. The van der Waals surface area contributed by atoms with E-state index in [0.717, 1.165) is 28.8 Å². The number of fused-ring (bicyclic) bond motifs is 3. The summed E-state index contributed by atoms with van der Waals surface area (Å²) in [6, 6.07) is 3.80. The zero-order valence-electron chi connectivity index (χ0n) is 13.2. The van der Waals surface area contributed by atoms with Crippen molar-refractivity contribution in [2.75, 3.05) is 36.6 Å². The van der Waals surface area contributed by atoms with Gasteiger partial charge in [0.25, 0.3) is 0 Å². The lowest BCUT2D eigenvalue weighted by atomic mass is 10.2. The lowest BCUT2D eigenvalue weighted by molar-refractivity contribution is 0.102. The molecular formula is C15H22N6O2. The molecule has 8 nitrogen and oxygen atoms in total. The van der Waals surface area contributed by atoms with E-state index in [1.165, 1.54) is 0 Å². The van der Waals surface area contributed by atoms with Gasteiger partial charge >= 0.3 is 0 Å². The zero-order valence-corrected chi connectivity index (χ0v) is 13.2. The highest BCUT2D eigenvalue weighted by Gasteiger charge is 2.41. The maximum atomic E-state index is 6.58. The van der Waals surface area contributed by atoms with Crippen LogP contribution in [0.15, 0.2) is 24.5 Å². The smallest absolute Gasteiger partial charge is 0.188 e. The summed E-state index contributed by atoms with van der Waals surface area (Å²) in [6.45, 7) is 3.99. The first-order valence-corrected chi connectivity index (χ1v) is 7.67. The number of nitrogens with two attached hydrogens (primary N) is 2.